The van der Waals surface area contributed by atoms with Crippen molar-refractivity contribution in [2.45, 2.75) is 76.6 Å². The number of ether oxygens (including phenoxy) is 2. The van der Waals surface area contributed by atoms with Crippen LogP contribution in [0, 0.1) is 6.42 Å². The van der Waals surface area contributed by atoms with E-state index in [1.165, 1.54) is 12.6 Å². The van der Waals surface area contributed by atoms with Gasteiger partial charge >= 0.3 is 46.1 Å². The minimum atomic E-state index is -3.11. The van der Waals surface area contributed by atoms with E-state index in [4.69, 9.17) is 32.7 Å². The average molecular weight is 896 g/mol. The summed E-state index contributed by atoms with van der Waals surface area (Å²) in [7, 11) is 0.162. The van der Waals surface area contributed by atoms with Crippen molar-refractivity contribution in [2.75, 3.05) is 48.0 Å². The summed E-state index contributed by atoms with van der Waals surface area (Å²) < 4.78 is 36.7. The van der Waals surface area contributed by atoms with Crippen LogP contribution in [0.25, 0.3) is 11.3 Å². The van der Waals surface area contributed by atoms with Crippen LogP contribution < -0.4 is 50.2 Å². The first kappa shape index (κ1) is 50.1. The maximum atomic E-state index is 13.3. The molecule has 0 aliphatic carbocycles. The van der Waals surface area contributed by atoms with Crippen molar-refractivity contribution in [3.8, 4) is 17.0 Å². The summed E-state index contributed by atoms with van der Waals surface area (Å²) in [5.74, 6) is -0.783. The van der Waals surface area contributed by atoms with Gasteiger partial charge in [-0.1, -0.05) is 28.0 Å². The number of amides is 3. The summed E-state index contributed by atoms with van der Waals surface area (Å²) >= 11 is 0. The van der Waals surface area contributed by atoms with Gasteiger partial charge in [-0.05, 0) is 70.4 Å². The topological polar surface area (TPSA) is 247 Å². The van der Waals surface area contributed by atoms with Crippen LogP contribution in [0.5, 0.6) is 5.75 Å². The fourth-order valence-corrected chi connectivity index (χ4v) is 8.26. The molecular weight excluding hydrogens is 850 g/mol. The number of pyridine rings is 1. The molecule has 1 atom stereocenters. The fourth-order valence-electron chi connectivity index (χ4n) is 5.60. The molecule has 318 valence electrons. The number of hydrogen-bond acceptors (Lipinski definition) is 18. The van der Waals surface area contributed by atoms with E-state index in [9.17, 15) is 24.0 Å². The zero-order chi connectivity index (χ0) is 43.0. The molecule has 0 radical (unpaired) electrons. The molecule has 2 aliphatic heterocycles. The third-order valence-corrected chi connectivity index (χ3v) is 12.1. The van der Waals surface area contributed by atoms with E-state index in [0.717, 1.165) is 11.3 Å². The van der Waals surface area contributed by atoms with Crippen molar-refractivity contribution in [2.24, 2.45) is 0 Å². The van der Waals surface area contributed by atoms with E-state index in [1.807, 2.05) is 37.3 Å². The molecule has 4 heterocycles. The van der Waals surface area contributed by atoms with Crippen LogP contribution in [0.2, 0.25) is 0 Å². The molecule has 0 bridgehead atoms. The number of carbonyl (C=O) groups is 5. The van der Waals surface area contributed by atoms with Crippen LogP contribution in [0.15, 0.2) is 48.9 Å². The number of hydroxylamine groups is 2. The van der Waals surface area contributed by atoms with Crippen molar-refractivity contribution in [3.05, 3.63) is 61.0 Å². The van der Waals surface area contributed by atoms with Gasteiger partial charge < -0.3 is 35.1 Å². The number of carbonyl (C=O) groups excluding carboxylic acids is 5. The van der Waals surface area contributed by atoms with Crippen molar-refractivity contribution >= 4 is 78.9 Å². The number of nitrogen functional groups attached to an aromatic ring is 1. The van der Waals surface area contributed by atoms with Gasteiger partial charge in [0, 0.05) is 54.6 Å². The van der Waals surface area contributed by atoms with Crippen LogP contribution in [0.1, 0.15) is 76.2 Å². The Balaban J connectivity index is 0.00000184. The Kier molecular flexibility index (Phi) is 20.8. The summed E-state index contributed by atoms with van der Waals surface area (Å²) in [5, 5.41) is 3.41. The van der Waals surface area contributed by atoms with Crippen molar-refractivity contribution < 1.29 is 80.5 Å². The van der Waals surface area contributed by atoms with E-state index < -0.39 is 34.3 Å². The molecule has 22 heteroatoms. The van der Waals surface area contributed by atoms with E-state index in [2.05, 4.69) is 39.0 Å². The second kappa shape index (κ2) is 24.9. The first-order valence-corrected chi connectivity index (χ1v) is 21.9. The zero-order valence-electron chi connectivity index (χ0n) is 33.8. The van der Waals surface area contributed by atoms with Gasteiger partial charge in [-0.3, -0.25) is 25.8 Å². The normalized spacial score (nSPS) is 14.2. The first-order valence-electron chi connectivity index (χ1n) is 18.6. The van der Waals surface area contributed by atoms with Gasteiger partial charge in [-0.2, -0.15) is 0 Å². The zero-order valence-corrected chi connectivity index (χ0v) is 38.2. The molecule has 2 saturated heterocycles. The third-order valence-electron chi connectivity index (χ3n) is 8.70. The SMILES string of the molecule is CC(CCC(=O)CCC(C)(C)SSCCCC(=O)ON1C(=O)[CH-]CC1=O)Oc1ccc(-c2cnc(N)c(C(=O)Nc3cnccc3N3CCOCC3)n2)cc1.O=S(=O)=O.[Na+]. The predicted octanol–water partition coefficient (Wildman–Crippen LogP) is 1.47. The van der Waals surface area contributed by atoms with Crippen LogP contribution in [0.4, 0.5) is 17.2 Å². The van der Waals surface area contributed by atoms with Gasteiger partial charge in [0.1, 0.15) is 17.4 Å². The van der Waals surface area contributed by atoms with Crippen LogP contribution >= 0.6 is 21.6 Å². The number of rotatable bonds is 19. The van der Waals surface area contributed by atoms with E-state index >= 15 is 0 Å². The Bertz CT molecular complexity index is 2050. The molecule has 2 aliphatic rings. The summed E-state index contributed by atoms with van der Waals surface area (Å²) in [6.07, 6.45) is 8.46. The van der Waals surface area contributed by atoms with E-state index in [0.29, 0.717) is 86.4 Å². The molecule has 3 N–H and O–H groups in total. The monoisotopic (exact) mass is 895 g/mol. The molecule has 0 saturated carbocycles. The number of morpholine rings is 1. The van der Waals surface area contributed by atoms with Crippen molar-refractivity contribution in [3.63, 3.8) is 0 Å². The predicted molar refractivity (Wildman–Crippen MR) is 221 cm³/mol. The minimum Gasteiger partial charge on any atom is -0.491 e. The number of ketones is 1. The Morgan fingerprint density at radius 1 is 1.05 bits per heavy atom. The molecule has 3 aromatic rings. The number of nitrogens with two attached hydrogens (primary N) is 1. The number of hydrogen-bond donors (Lipinski definition) is 2. The molecule has 1 unspecified atom stereocenters. The molecule has 1 aromatic carbocycles. The standard InChI is InChI=1S/C38H46N7O8S2.Na.O3S/c1-25(6-9-27(46)14-16-38(2,3)55-54-22-4-5-34(49)53-45-32(47)12-13-33(45)48)52-28-10-7-26(8-11-28)29-24-41-36(39)35(42-29)37(50)43-30-23-40-17-15-31(30)44-18-20-51-21-19-44;;1-4(2)3/h7-8,10-12,15,17,23-25H,4-6,9,13-14,16,18-22H2,1-3H3,(H2,39,41)(H,43,50);;/q-1;+1;. The molecule has 18 nitrogen and oxygen atoms in total. The van der Waals surface area contributed by atoms with Crippen molar-refractivity contribution in [1.82, 2.24) is 20.0 Å². The maximum Gasteiger partial charge on any atom is 1.00 e. The number of nitrogens with zero attached hydrogens (tertiary/aromatic N) is 5. The number of benzene rings is 1. The smallest absolute Gasteiger partial charge is 0.491 e. The number of nitrogens with one attached hydrogen (secondary N) is 1. The van der Waals surface area contributed by atoms with Gasteiger partial charge in [0.15, 0.2) is 11.5 Å². The number of imide groups is 1. The number of aromatic nitrogens is 3. The molecule has 5 rings (SSSR count). The van der Waals surface area contributed by atoms with Crippen LogP contribution in [-0.4, -0.2) is 105 Å². The number of anilines is 3. The van der Waals surface area contributed by atoms with Crippen LogP contribution in [-0.2, 0) is 39.4 Å². The molecule has 0 spiro atoms. The van der Waals surface area contributed by atoms with Gasteiger partial charge in [0.05, 0.1) is 48.8 Å². The second-order valence-electron chi connectivity index (χ2n) is 13.8. The molecule has 3 amide bonds. The molecule has 2 aromatic heterocycles. The van der Waals surface area contributed by atoms with E-state index in [1.54, 1.807) is 34.0 Å². The van der Waals surface area contributed by atoms with Gasteiger partial charge in [-0.15, -0.1) is 17.7 Å². The summed E-state index contributed by atoms with van der Waals surface area (Å²) in [5.41, 5.74) is 8.65. The third kappa shape index (κ3) is 16.7. The van der Waals surface area contributed by atoms with Crippen molar-refractivity contribution in [1.29, 1.82) is 0 Å². The second-order valence-corrected chi connectivity index (χ2v) is 17.4. The van der Waals surface area contributed by atoms with Crippen LogP contribution in [0.3, 0.4) is 0 Å². The fraction of sp³-hybridized carbons (Fsp3) is 0.447. The maximum absolute atomic E-state index is 13.3. The Labute approximate surface area is 379 Å². The van der Waals surface area contributed by atoms with E-state index in [-0.39, 0.29) is 70.5 Å². The molecule has 60 heavy (non-hydrogen) atoms. The Hall–Kier alpha value is -4.25. The van der Waals surface area contributed by atoms with Gasteiger partial charge in [-0.25, -0.2) is 14.8 Å². The quantitative estimate of drug-likeness (QED) is 0.0569. The Morgan fingerprint density at radius 3 is 2.42 bits per heavy atom. The molecule has 2 fully saturated rings. The average Bonchev–Trinajstić information content (AvgIpc) is 3.52. The number of Topliss-reactive ketones (excluding diaryl/α,β-unsaturated/α-hetero) is 1. The Morgan fingerprint density at radius 2 is 1.75 bits per heavy atom. The summed E-state index contributed by atoms with van der Waals surface area (Å²) in [4.78, 5) is 81.0. The largest absolute Gasteiger partial charge is 1.00 e. The molecular formula is C38H46N7NaO11S3. The summed E-state index contributed by atoms with van der Waals surface area (Å²) in [6.45, 7) is 8.69. The van der Waals surface area contributed by atoms with Gasteiger partial charge in [0.25, 0.3) is 5.91 Å². The summed E-state index contributed by atoms with van der Waals surface area (Å²) in [6, 6.07) is 9.12. The van der Waals surface area contributed by atoms with Gasteiger partial charge in [0.2, 0.25) is 5.91 Å². The minimum absolute atomic E-state index is 0. The first-order chi connectivity index (χ1) is 28.1.